The summed E-state index contributed by atoms with van der Waals surface area (Å²) >= 11 is 0. The average molecular weight is 239 g/mol. The average Bonchev–Trinajstić information content (AvgIpc) is 2.40. The molecular weight excluding hydrogens is 222 g/mol. The summed E-state index contributed by atoms with van der Waals surface area (Å²) in [6.07, 6.45) is 0.307. The van der Waals surface area contributed by atoms with E-state index in [2.05, 4.69) is 6.92 Å². The van der Waals surface area contributed by atoms with Crippen LogP contribution in [0.2, 0.25) is 0 Å². The van der Waals surface area contributed by atoms with E-state index in [1.54, 1.807) is 0 Å². The summed E-state index contributed by atoms with van der Waals surface area (Å²) in [5.41, 5.74) is 7.26. The molecule has 2 aromatic carbocycles. The van der Waals surface area contributed by atoms with Gasteiger partial charge < -0.3 is 5.73 Å². The standard InChI is InChI=1S/C16H17NO/c1-16(12-15(17)18,13-8-4-2-5-9-13)14-10-6-3-7-11-14/h2-11H,12H2,1H3,(H2,17,18). The van der Waals surface area contributed by atoms with Crippen molar-refractivity contribution in [3.8, 4) is 0 Å². The molecule has 2 heteroatoms. The van der Waals surface area contributed by atoms with E-state index >= 15 is 0 Å². The highest BCUT2D eigenvalue weighted by atomic mass is 16.1. The molecule has 0 saturated carbocycles. The Kier molecular flexibility index (Phi) is 3.47. The van der Waals surface area contributed by atoms with Gasteiger partial charge in [-0.25, -0.2) is 0 Å². The second kappa shape index (κ2) is 5.05. The van der Waals surface area contributed by atoms with Crippen LogP contribution in [0.25, 0.3) is 0 Å². The van der Waals surface area contributed by atoms with Crippen molar-refractivity contribution in [2.75, 3.05) is 0 Å². The lowest BCUT2D eigenvalue weighted by atomic mass is 9.73. The normalized spacial score (nSPS) is 11.2. The number of nitrogens with two attached hydrogens (primary N) is 1. The van der Waals surface area contributed by atoms with Gasteiger partial charge in [0.2, 0.25) is 5.91 Å². The smallest absolute Gasteiger partial charge is 0.218 e. The molecule has 0 unspecified atom stereocenters. The highest BCUT2D eigenvalue weighted by Gasteiger charge is 2.30. The summed E-state index contributed by atoms with van der Waals surface area (Å²) in [5, 5.41) is 0. The Hall–Kier alpha value is -2.09. The van der Waals surface area contributed by atoms with Crippen molar-refractivity contribution in [3.63, 3.8) is 0 Å². The van der Waals surface area contributed by atoms with Gasteiger partial charge in [-0.05, 0) is 11.1 Å². The Morgan fingerprint density at radius 1 is 0.944 bits per heavy atom. The van der Waals surface area contributed by atoms with Crippen LogP contribution in [-0.4, -0.2) is 5.91 Å². The van der Waals surface area contributed by atoms with E-state index in [-0.39, 0.29) is 11.3 Å². The molecule has 0 aliphatic heterocycles. The van der Waals surface area contributed by atoms with Gasteiger partial charge in [0.1, 0.15) is 0 Å². The Balaban J connectivity index is 2.51. The van der Waals surface area contributed by atoms with Crippen molar-refractivity contribution in [1.82, 2.24) is 0 Å². The van der Waals surface area contributed by atoms with Gasteiger partial charge in [-0.2, -0.15) is 0 Å². The zero-order chi connectivity index (χ0) is 13.0. The number of carbonyl (C=O) groups excluding carboxylic acids is 1. The molecular formula is C16H17NO. The van der Waals surface area contributed by atoms with Crippen molar-refractivity contribution in [2.45, 2.75) is 18.8 Å². The highest BCUT2D eigenvalue weighted by molar-refractivity contribution is 5.76. The molecule has 0 radical (unpaired) electrons. The van der Waals surface area contributed by atoms with Gasteiger partial charge in [0.15, 0.2) is 0 Å². The summed E-state index contributed by atoms with van der Waals surface area (Å²) in [6, 6.07) is 20.0. The zero-order valence-corrected chi connectivity index (χ0v) is 10.5. The summed E-state index contributed by atoms with van der Waals surface area (Å²) < 4.78 is 0. The van der Waals surface area contributed by atoms with Crippen LogP contribution in [0.4, 0.5) is 0 Å². The van der Waals surface area contributed by atoms with Gasteiger partial charge in [-0.15, -0.1) is 0 Å². The van der Waals surface area contributed by atoms with Crippen molar-refractivity contribution in [3.05, 3.63) is 71.8 Å². The van der Waals surface area contributed by atoms with Crippen LogP contribution in [0.3, 0.4) is 0 Å². The Morgan fingerprint density at radius 2 is 1.33 bits per heavy atom. The minimum absolute atomic E-state index is 0.287. The highest BCUT2D eigenvalue weighted by Crippen LogP contribution is 2.34. The number of primary amides is 1. The maximum atomic E-state index is 11.4. The first-order valence-electron chi connectivity index (χ1n) is 6.02. The fraction of sp³-hybridized carbons (Fsp3) is 0.188. The molecule has 18 heavy (non-hydrogen) atoms. The number of hydrogen-bond acceptors (Lipinski definition) is 1. The molecule has 0 aliphatic carbocycles. The lowest BCUT2D eigenvalue weighted by Gasteiger charge is -2.29. The van der Waals surface area contributed by atoms with Gasteiger partial charge in [0.05, 0.1) is 0 Å². The van der Waals surface area contributed by atoms with Crippen molar-refractivity contribution in [1.29, 1.82) is 0 Å². The minimum Gasteiger partial charge on any atom is -0.370 e. The van der Waals surface area contributed by atoms with Gasteiger partial charge in [-0.1, -0.05) is 67.6 Å². The van der Waals surface area contributed by atoms with E-state index in [0.717, 1.165) is 11.1 Å². The van der Waals surface area contributed by atoms with E-state index in [1.807, 2.05) is 60.7 Å². The van der Waals surface area contributed by atoms with E-state index in [0.29, 0.717) is 6.42 Å². The molecule has 2 rings (SSSR count). The summed E-state index contributed by atoms with van der Waals surface area (Å²) in [7, 11) is 0. The first-order valence-corrected chi connectivity index (χ1v) is 6.02. The summed E-state index contributed by atoms with van der Waals surface area (Å²) in [4.78, 5) is 11.4. The van der Waals surface area contributed by atoms with E-state index in [1.165, 1.54) is 0 Å². The lowest BCUT2D eigenvalue weighted by molar-refractivity contribution is -0.118. The molecule has 2 nitrogen and oxygen atoms in total. The zero-order valence-electron chi connectivity index (χ0n) is 10.5. The molecule has 0 spiro atoms. The fourth-order valence-corrected chi connectivity index (χ4v) is 2.33. The molecule has 92 valence electrons. The van der Waals surface area contributed by atoms with Crippen molar-refractivity contribution in [2.24, 2.45) is 5.73 Å². The van der Waals surface area contributed by atoms with Gasteiger partial charge in [-0.3, -0.25) is 4.79 Å². The van der Waals surface area contributed by atoms with Crippen LogP contribution in [0.5, 0.6) is 0 Å². The first-order chi connectivity index (χ1) is 8.63. The van der Waals surface area contributed by atoms with Crippen LogP contribution < -0.4 is 5.73 Å². The largest absolute Gasteiger partial charge is 0.370 e. The van der Waals surface area contributed by atoms with Crippen LogP contribution in [-0.2, 0) is 10.2 Å². The SMILES string of the molecule is CC(CC(N)=O)(c1ccccc1)c1ccccc1. The van der Waals surface area contributed by atoms with Gasteiger partial charge >= 0.3 is 0 Å². The predicted octanol–water partition coefficient (Wildman–Crippen LogP) is 2.87. The number of rotatable bonds is 4. The fourth-order valence-electron chi connectivity index (χ4n) is 2.33. The molecule has 0 bridgehead atoms. The molecule has 2 aromatic rings. The molecule has 0 aromatic heterocycles. The van der Waals surface area contributed by atoms with E-state index in [9.17, 15) is 4.79 Å². The maximum absolute atomic E-state index is 11.4. The van der Waals surface area contributed by atoms with E-state index < -0.39 is 0 Å². The topological polar surface area (TPSA) is 43.1 Å². The lowest BCUT2D eigenvalue weighted by Crippen LogP contribution is -2.30. The van der Waals surface area contributed by atoms with Crippen LogP contribution >= 0.6 is 0 Å². The first kappa shape index (κ1) is 12.4. The van der Waals surface area contributed by atoms with Gasteiger partial charge in [0.25, 0.3) is 0 Å². The second-order valence-corrected chi connectivity index (χ2v) is 4.71. The van der Waals surface area contributed by atoms with Crippen LogP contribution in [0, 0.1) is 0 Å². The Labute approximate surface area is 107 Å². The number of hydrogen-bond donors (Lipinski definition) is 1. The number of benzene rings is 2. The van der Waals surface area contributed by atoms with Crippen molar-refractivity contribution >= 4 is 5.91 Å². The maximum Gasteiger partial charge on any atom is 0.218 e. The van der Waals surface area contributed by atoms with Crippen molar-refractivity contribution < 1.29 is 4.79 Å². The van der Waals surface area contributed by atoms with Gasteiger partial charge in [0, 0.05) is 11.8 Å². The third kappa shape index (κ3) is 2.43. The second-order valence-electron chi connectivity index (χ2n) is 4.71. The summed E-state index contributed by atoms with van der Waals surface area (Å²) in [6.45, 7) is 2.06. The third-order valence-electron chi connectivity index (χ3n) is 3.35. The molecule has 0 fully saturated rings. The monoisotopic (exact) mass is 239 g/mol. The third-order valence-corrected chi connectivity index (χ3v) is 3.35. The quantitative estimate of drug-likeness (QED) is 0.876. The molecule has 2 N–H and O–H groups in total. The van der Waals surface area contributed by atoms with E-state index in [4.69, 9.17) is 5.73 Å². The molecule has 0 atom stereocenters. The number of carbonyl (C=O) groups is 1. The molecule has 0 saturated heterocycles. The Morgan fingerprint density at radius 3 is 1.67 bits per heavy atom. The van der Waals surface area contributed by atoms with Crippen LogP contribution in [0.15, 0.2) is 60.7 Å². The summed E-state index contributed by atoms with van der Waals surface area (Å²) in [5.74, 6) is -0.287. The Bertz CT molecular complexity index is 480. The molecule has 1 amide bonds. The molecule has 0 heterocycles. The van der Waals surface area contributed by atoms with Crippen LogP contribution in [0.1, 0.15) is 24.5 Å². The molecule has 0 aliphatic rings. The minimum atomic E-state index is -0.367. The number of amides is 1. The predicted molar refractivity (Wildman–Crippen MR) is 73.1 cm³/mol.